The van der Waals surface area contributed by atoms with Crippen molar-refractivity contribution in [3.63, 3.8) is 0 Å². The fourth-order valence-electron chi connectivity index (χ4n) is 3.90. The maximum atomic E-state index is 13.1. The van der Waals surface area contributed by atoms with Crippen LogP contribution in [-0.4, -0.2) is 81.1 Å². The molecule has 0 bridgehead atoms. The molecule has 0 saturated heterocycles. The number of fused-ring (bicyclic) bond motifs is 1. The van der Waals surface area contributed by atoms with E-state index < -0.39 is 16.1 Å². The summed E-state index contributed by atoms with van der Waals surface area (Å²) in [5.41, 5.74) is 2.69. The van der Waals surface area contributed by atoms with Gasteiger partial charge in [0.25, 0.3) is 5.91 Å². The Kier molecular flexibility index (Phi) is 4.84. The van der Waals surface area contributed by atoms with E-state index in [0.29, 0.717) is 38.4 Å². The molecule has 3 aliphatic heterocycles. The Balaban J connectivity index is 1.49. The number of aliphatic hydroxyl groups excluding tert-OH is 1. The first-order valence-corrected chi connectivity index (χ1v) is 10.9. The number of anilines is 1. The standard InChI is InChI=1S/C19H25N3O5S/c1-3-17(23)19(24)21-9-13-11-22(12-14(13)10-21)28(25,26)15-4-5-18-16(8-15)20(2)6-7-27-18/h4-5,8,17,23H,3,6-7,9-12H2,1-2H3/t17-/m0/s1. The minimum Gasteiger partial charge on any atom is -0.490 e. The van der Waals surface area contributed by atoms with Gasteiger partial charge in [0.2, 0.25) is 10.0 Å². The summed E-state index contributed by atoms with van der Waals surface area (Å²) in [5.74, 6) is 0.405. The number of carbonyl (C=O) groups is 1. The number of benzene rings is 1. The zero-order valence-electron chi connectivity index (χ0n) is 16.1. The van der Waals surface area contributed by atoms with Crippen LogP contribution in [0.4, 0.5) is 5.69 Å². The van der Waals surface area contributed by atoms with Gasteiger partial charge >= 0.3 is 0 Å². The van der Waals surface area contributed by atoms with E-state index >= 15 is 0 Å². The van der Waals surface area contributed by atoms with E-state index in [0.717, 1.165) is 16.8 Å². The van der Waals surface area contributed by atoms with E-state index in [1.807, 2.05) is 11.9 Å². The number of ether oxygens (including phenoxy) is 1. The van der Waals surface area contributed by atoms with Crippen molar-refractivity contribution in [2.45, 2.75) is 24.3 Å². The number of amides is 1. The Bertz CT molecular complexity index is 925. The molecule has 1 atom stereocenters. The van der Waals surface area contributed by atoms with Gasteiger partial charge in [-0.3, -0.25) is 4.79 Å². The van der Waals surface area contributed by atoms with Gasteiger partial charge in [0.15, 0.2) is 0 Å². The Morgan fingerprint density at radius 3 is 2.54 bits per heavy atom. The van der Waals surface area contributed by atoms with Crippen LogP contribution in [0.5, 0.6) is 5.75 Å². The lowest BCUT2D eigenvalue weighted by Gasteiger charge is -2.28. The molecule has 1 aromatic carbocycles. The molecule has 1 amide bonds. The molecule has 0 fully saturated rings. The molecule has 1 aromatic rings. The molecule has 8 nitrogen and oxygen atoms in total. The van der Waals surface area contributed by atoms with Gasteiger partial charge in [-0.1, -0.05) is 6.92 Å². The van der Waals surface area contributed by atoms with Crippen molar-refractivity contribution >= 4 is 21.6 Å². The fraction of sp³-hybridized carbons (Fsp3) is 0.526. The largest absolute Gasteiger partial charge is 0.490 e. The van der Waals surface area contributed by atoms with Gasteiger partial charge in [-0.25, -0.2) is 8.42 Å². The molecule has 1 N–H and O–H groups in total. The first-order valence-electron chi connectivity index (χ1n) is 9.46. The van der Waals surface area contributed by atoms with Crippen molar-refractivity contribution < 1.29 is 23.1 Å². The van der Waals surface area contributed by atoms with Crippen LogP contribution in [-0.2, 0) is 14.8 Å². The first kappa shape index (κ1) is 19.2. The molecule has 3 heterocycles. The minimum absolute atomic E-state index is 0.249. The molecule has 0 aromatic heterocycles. The summed E-state index contributed by atoms with van der Waals surface area (Å²) >= 11 is 0. The highest BCUT2D eigenvalue weighted by atomic mass is 32.2. The van der Waals surface area contributed by atoms with E-state index in [-0.39, 0.29) is 23.9 Å². The summed E-state index contributed by atoms with van der Waals surface area (Å²) in [6.45, 7) is 4.40. The summed E-state index contributed by atoms with van der Waals surface area (Å²) in [5, 5.41) is 9.77. The maximum absolute atomic E-state index is 13.1. The molecule has 0 aliphatic carbocycles. The molecular weight excluding hydrogens is 382 g/mol. The van der Waals surface area contributed by atoms with E-state index in [2.05, 4.69) is 0 Å². The first-order chi connectivity index (χ1) is 13.3. The van der Waals surface area contributed by atoms with Crippen molar-refractivity contribution in [3.05, 3.63) is 29.3 Å². The van der Waals surface area contributed by atoms with E-state index in [1.165, 1.54) is 4.31 Å². The van der Waals surface area contributed by atoms with Crippen molar-refractivity contribution in [3.8, 4) is 5.75 Å². The lowest BCUT2D eigenvalue weighted by Crippen LogP contribution is -2.40. The Labute approximate surface area is 165 Å². The van der Waals surface area contributed by atoms with Crippen molar-refractivity contribution in [1.29, 1.82) is 0 Å². The van der Waals surface area contributed by atoms with Crippen LogP contribution in [0.1, 0.15) is 13.3 Å². The Morgan fingerprint density at radius 1 is 1.21 bits per heavy atom. The van der Waals surface area contributed by atoms with Crippen LogP contribution in [0.2, 0.25) is 0 Å². The van der Waals surface area contributed by atoms with Gasteiger partial charge in [0, 0.05) is 33.2 Å². The average molecular weight is 407 g/mol. The lowest BCUT2D eigenvalue weighted by atomic mass is 10.2. The summed E-state index contributed by atoms with van der Waals surface area (Å²) in [7, 11) is -1.72. The predicted molar refractivity (Wildman–Crippen MR) is 104 cm³/mol. The highest BCUT2D eigenvalue weighted by Gasteiger charge is 2.38. The number of likely N-dealkylation sites (N-methyl/N-ethyl adjacent to an activating group) is 1. The summed E-state index contributed by atoms with van der Waals surface area (Å²) < 4.78 is 33.3. The van der Waals surface area contributed by atoms with Crippen LogP contribution in [0.25, 0.3) is 0 Å². The molecule has 0 saturated carbocycles. The summed E-state index contributed by atoms with van der Waals surface area (Å²) in [6.07, 6.45) is -0.619. The number of rotatable bonds is 4. The van der Waals surface area contributed by atoms with Gasteiger partial charge in [-0.15, -0.1) is 0 Å². The van der Waals surface area contributed by atoms with E-state index in [1.54, 1.807) is 30.0 Å². The van der Waals surface area contributed by atoms with Gasteiger partial charge < -0.3 is 19.6 Å². The minimum atomic E-state index is -3.64. The third kappa shape index (κ3) is 3.17. The molecule has 0 unspecified atom stereocenters. The van der Waals surface area contributed by atoms with E-state index in [4.69, 9.17) is 4.74 Å². The molecular formula is C19H25N3O5S. The van der Waals surface area contributed by atoms with Gasteiger partial charge in [0.05, 0.1) is 17.1 Å². The van der Waals surface area contributed by atoms with Crippen molar-refractivity contribution in [2.75, 3.05) is 51.3 Å². The third-order valence-corrected chi connectivity index (χ3v) is 7.43. The second kappa shape index (κ2) is 7.06. The van der Waals surface area contributed by atoms with Crippen LogP contribution < -0.4 is 9.64 Å². The molecule has 3 aliphatic rings. The molecule has 4 rings (SSSR count). The Hall–Kier alpha value is -2.10. The quantitative estimate of drug-likeness (QED) is 0.728. The van der Waals surface area contributed by atoms with Crippen molar-refractivity contribution in [1.82, 2.24) is 9.21 Å². The molecule has 0 spiro atoms. The zero-order valence-corrected chi connectivity index (χ0v) is 16.9. The fourth-order valence-corrected chi connectivity index (χ4v) is 5.35. The number of aliphatic hydroxyl groups is 1. The molecule has 9 heteroatoms. The Morgan fingerprint density at radius 2 is 1.89 bits per heavy atom. The highest BCUT2D eigenvalue weighted by molar-refractivity contribution is 7.89. The second-order valence-corrected chi connectivity index (χ2v) is 9.44. The van der Waals surface area contributed by atoms with Crippen LogP contribution >= 0.6 is 0 Å². The lowest BCUT2D eigenvalue weighted by molar-refractivity contribution is -0.139. The smallest absolute Gasteiger partial charge is 0.251 e. The number of carbonyl (C=O) groups excluding carboxylic acids is 1. The van der Waals surface area contributed by atoms with Gasteiger partial charge in [-0.2, -0.15) is 4.31 Å². The average Bonchev–Trinajstić information content (AvgIpc) is 3.26. The molecule has 0 radical (unpaired) electrons. The van der Waals surface area contributed by atoms with E-state index in [9.17, 15) is 18.3 Å². The SMILES string of the molecule is CC[C@H](O)C(=O)N1CC2=C(C1)CN(S(=O)(=O)c1ccc3c(c1)N(C)CCO3)C2. The van der Waals surface area contributed by atoms with Crippen molar-refractivity contribution in [2.24, 2.45) is 0 Å². The van der Waals surface area contributed by atoms with Crippen LogP contribution in [0.3, 0.4) is 0 Å². The molecule has 28 heavy (non-hydrogen) atoms. The van der Waals surface area contributed by atoms with Crippen LogP contribution in [0, 0.1) is 0 Å². The number of hydrogen-bond acceptors (Lipinski definition) is 6. The number of sulfonamides is 1. The second-order valence-electron chi connectivity index (χ2n) is 7.50. The van der Waals surface area contributed by atoms with Gasteiger partial charge in [0.1, 0.15) is 18.5 Å². The normalized spacial score (nSPS) is 20.8. The monoisotopic (exact) mass is 407 g/mol. The van der Waals surface area contributed by atoms with Crippen LogP contribution in [0.15, 0.2) is 34.2 Å². The predicted octanol–water partition coefficient (Wildman–Crippen LogP) is 0.429. The third-order valence-electron chi connectivity index (χ3n) is 5.64. The number of nitrogens with zero attached hydrogens (tertiary/aromatic N) is 3. The molecule has 152 valence electrons. The zero-order chi connectivity index (χ0) is 20.1. The van der Waals surface area contributed by atoms with Gasteiger partial charge in [-0.05, 0) is 35.8 Å². The maximum Gasteiger partial charge on any atom is 0.251 e. The highest BCUT2D eigenvalue weighted by Crippen LogP contribution is 2.35. The topological polar surface area (TPSA) is 90.4 Å². The summed E-state index contributed by atoms with van der Waals surface area (Å²) in [6, 6.07) is 4.96. The number of hydrogen-bond donors (Lipinski definition) is 1. The summed E-state index contributed by atoms with van der Waals surface area (Å²) in [4.78, 5) is 16.0.